The summed E-state index contributed by atoms with van der Waals surface area (Å²) >= 11 is 0.942. The third kappa shape index (κ3) is 14.0. The van der Waals surface area contributed by atoms with E-state index in [1.54, 1.807) is 30.3 Å². The molecule has 0 radical (unpaired) electrons. The fourth-order valence-corrected chi connectivity index (χ4v) is 4.28. The van der Waals surface area contributed by atoms with Crippen LogP contribution in [0.3, 0.4) is 0 Å². The average molecular weight is 620 g/mol. The molecule has 0 spiro atoms. The zero-order chi connectivity index (χ0) is 31.6. The molecule has 0 saturated heterocycles. The van der Waals surface area contributed by atoms with Crippen LogP contribution < -0.4 is 27.2 Å². The van der Waals surface area contributed by atoms with Crippen LogP contribution in [-0.2, 0) is 30.1 Å². The highest BCUT2D eigenvalue weighted by Gasteiger charge is 2.24. The van der Waals surface area contributed by atoms with Crippen LogP contribution in [0, 0.1) is 6.92 Å². The molecule has 8 N–H and O–H groups in total. The summed E-state index contributed by atoms with van der Waals surface area (Å²) in [7, 11) is 0. The van der Waals surface area contributed by atoms with E-state index in [0.29, 0.717) is 37.9 Å². The second-order valence-electron chi connectivity index (χ2n) is 9.55. The molecule has 0 aliphatic heterocycles. The number of benzene rings is 2. The molecular formula is C28H37N5O9S. The van der Waals surface area contributed by atoms with Gasteiger partial charge in [-0.05, 0) is 68.9 Å². The summed E-state index contributed by atoms with van der Waals surface area (Å²) in [6.45, 7) is 2.51. The highest BCUT2D eigenvalue weighted by atomic mass is 32.2. The van der Waals surface area contributed by atoms with Gasteiger partial charge in [0.25, 0.3) is 5.91 Å². The summed E-state index contributed by atoms with van der Waals surface area (Å²) < 4.78 is 4.56. The maximum atomic E-state index is 12.4. The Morgan fingerprint density at radius 3 is 2.19 bits per heavy atom. The lowest BCUT2D eigenvalue weighted by molar-refractivity contribution is -0.195. The molecule has 0 aliphatic carbocycles. The maximum absolute atomic E-state index is 12.4. The predicted molar refractivity (Wildman–Crippen MR) is 156 cm³/mol. The van der Waals surface area contributed by atoms with Gasteiger partial charge in [-0.2, -0.15) is 5.90 Å². The van der Waals surface area contributed by atoms with Crippen molar-refractivity contribution in [3.63, 3.8) is 0 Å². The van der Waals surface area contributed by atoms with E-state index in [-0.39, 0.29) is 25.2 Å². The summed E-state index contributed by atoms with van der Waals surface area (Å²) in [4.78, 5) is 64.8. The van der Waals surface area contributed by atoms with Crippen molar-refractivity contribution in [2.24, 2.45) is 5.90 Å². The number of rotatable bonds is 19. The minimum Gasteiger partial charge on any atom is -0.480 e. The monoisotopic (exact) mass is 619 g/mol. The molecule has 4 amide bonds. The van der Waals surface area contributed by atoms with E-state index in [1.807, 2.05) is 25.1 Å². The minimum atomic E-state index is -1.40. The number of carbonyl (C=O) groups excluding carboxylic acids is 3. The Balaban J connectivity index is 1.69. The molecule has 234 valence electrons. The number of nitrogens with one attached hydrogen (secondary N) is 4. The highest BCUT2D eigenvalue weighted by molar-refractivity contribution is 7.94. The molecule has 0 saturated carbocycles. The molecule has 15 heteroatoms. The van der Waals surface area contributed by atoms with Gasteiger partial charge in [-0.3, -0.25) is 9.59 Å². The molecule has 0 heterocycles. The summed E-state index contributed by atoms with van der Waals surface area (Å²) in [5, 5.41) is 28.9. The van der Waals surface area contributed by atoms with Gasteiger partial charge in [0.05, 0.1) is 12.0 Å². The van der Waals surface area contributed by atoms with Gasteiger partial charge in [0, 0.05) is 30.0 Å². The Morgan fingerprint density at radius 1 is 0.884 bits per heavy atom. The van der Waals surface area contributed by atoms with Crippen LogP contribution >= 0.6 is 12.0 Å². The van der Waals surface area contributed by atoms with Gasteiger partial charge in [-0.15, -0.1) is 9.32 Å². The van der Waals surface area contributed by atoms with Crippen LogP contribution in [-0.4, -0.2) is 65.2 Å². The quantitative estimate of drug-likeness (QED) is 0.0522. The summed E-state index contributed by atoms with van der Waals surface area (Å²) in [5.41, 5.74) is 2.43. The van der Waals surface area contributed by atoms with Crippen molar-refractivity contribution in [2.45, 2.75) is 62.4 Å². The Morgan fingerprint density at radius 2 is 1.56 bits per heavy atom. The Bertz CT molecular complexity index is 1230. The number of aryl methyl sites for hydroxylation is 1. The van der Waals surface area contributed by atoms with E-state index < -0.39 is 36.0 Å². The van der Waals surface area contributed by atoms with Crippen LogP contribution in [0.25, 0.3) is 0 Å². The molecule has 0 unspecified atom stereocenters. The molecule has 2 aromatic carbocycles. The number of carboxylic acid groups (broad SMARTS) is 2. The molecule has 43 heavy (non-hydrogen) atoms. The van der Waals surface area contributed by atoms with Gasteiger partial charge in [0.15, 0.2) is 0 Å². The fraction of sp³-hybridized carbons (Fsp3) is 0.393. The molecule has 2 atom stereocenters. The number of urea groups is 1. The highest BCUT2D eigenvalue weighted by Crippen LogP contribution is 2.19. The second-order valence-corrected chi connectivity index (χ2v) is 10.3. The molecular weight excluding hydrogens is 582 g/mol. The number of nitrogens with two attached hydrogens (primary N) is 1. The predicted octanol–water partition coefficient (Wildman–Crippen LogP) is 2.07. The molecule has 0 aliphatic rings. The van der Waals surface area contributed by atoms with Crippen molar-refractivity contribution in [3.8, 4) is 0 Å². The average Bonchev–Trinajstić information content (AvgIpc) is 2.97. The molecule has 0 bridgehead atoms. The lowest BCUT2D eigenvalue weighted by atomic mass is 10.1. The summed E-state index contributed by atoms with van der Waals surface area (Å²) in [6.07, 6.45) is 1.10. The lowest BCUT2D eigenvalue weighted by Crippen LogP contribution is -2.51. The van der Waals surface area contributed by atoms with Gasteiger partial charge in [-0.1, -0.05) is 29.8 Å². The number of unbranched alkanes of at least 4 members (excludes halogenated alkanes) is 1. The number of carboxylic acids is 2. The Hall–Kier alpha value is -4.18. The van der Waals surface area contributed by atoms with E-state index >= 15 is 0 Å². The first-order valence-electron chi connectivity index (χ1n) is 13.5. The number of carbonyl (C=O) groups is 5. The number of aliphatic carboxylic acids is 2. The molecule has 2 aromatic rings. The van der Waals surface area contributed by atoms with Crippen LogP contribution in [0.5, 0.6) is 0 Å². The first kappa shape index (κ1) is 35.0. The van der Waals surface area contributed by atoms with Crippen molar-refractivity contribution in [3.05, 3.63) is 65.2 Å². The zero-order valence-electron chi connectivity index (χ0n) is 23.7. The van der Waals surface area contributed by atoms with Crippen LogP contribution in [0.2, 0.25) is 0 Å². The van der Waals surface area contributed by atoms with Gasteiger partial charge in [0.2, 0.25) is 5.91 Å². The van der Waals surface area contributed by atoms with Crippen molar-refractivity contribution in [1.82, 2.24) is 21.3 Å². The lowest BCUT2D eigenvalue weighted by Gasteiger charge is -2.18. The molecule has 14 nitrogen and oxygen atoms in total. The normalized spacial score (nSPS) is 12.0. The van der Waals surface area contributed by atoms with E-state index in [4.69, 9.17) is 5.90 Å². The molecule has 0 aromatic heterocycles. The SMILES string of the molecule is Cc1cccc(C(=O)NCCCC[C@H](NC(=O)N[C@@H](CCC(=O)NCCc2ccc(SOON)cc2)C(=O)O)C(=O)O)c1. The zero-order valence-corrected chi connectivity index (χ0v) is 24.5. The van der Waals surface area contributed by atoms with Crippen LogP contribution in [0.4, 0.5) is 4.79 Å². The fourth-order valence-electron chi connectivity index (χ4n) is 3.92. The van der Waals surface area contributed by atoms with Crippen LogP contribution in [0.1, 0.15) is 53.6 Å². The van der Waals surface area contributed by atoms with E-state index in [9.17, 15) is 34.2 Å². The first-order valence-corrected chi connectivity index (χ1v) is 14.3. The molecule has 0 fully saturated rings. The Kier molecular flexibility index (Phi) is 15.5. The van der Waals surface area contributed by atoms with Gasteiger partial charge in [-0.25, -0.2) is 14.4 Å². The number of amides is 4. The second kappa shape index (κ2) is 19.1. The standard InChI is InChI=1S/C28H37N5O9S/c1-18-5-4-6-20(17-18)25(35)31-15-3-2-7-22(26(36)37)32-28(40)33-23(27(38)39)12-13-24(34)30-16-14-19-8-10-21(11-9-19)43-42-41-29/h4-6,8-11,17,22-23H,2-3,7,12-16,29H2,1H3,(H,30,34)(H,31,35)(H,36,37)(H,38,39)(H2,32,33,40)/t22-,23-/m0/s1. The van der Waals surface area contributed by atoms with Gasteiger partial charge < -0.3 is 31.5 Å². The molecule has 2 rings (SSSR count). The van der Waals surface area contributed by atoms with Gasteiger partial charge in [0.1, 0.15) is 12.1 Å². The Labute approximate surface area is 253 Å². The third-order valence-corrected chi connectivity index (χ3v) is 6.79. The smallest absolute Gasteiger partial charge is 0.326 e. The summed E-state index contributed by atoms with van der Waals surface area (Å²) in [5.74, 6) is 1.52. The van der Waals surface area contributed by atoms with Crippen molar-refractivity contribution in [2.75, 3.05) is 13.1 Å². The van der Waals surface area contributed by atoms with Gasteiger partial charge >= 0.3 is 18.0 Å². The van der Waals surface area contributed by atoms with E-state index in [2.05, 4.69) is 30.6 Å². The van der Waals surface area contributed by atoms with E-state index in [0.717, 1.165) is 28.1 Å². The summed E-state index contributed by atoms with van der Waals surface area (Å²) in [6, 6.07) is 10.7. The minimum absolute atomic E-state index is 0.0701. The van der Waals surface area contributed by atoms with Crippen molar-refractivity contribution < 1.29 is 43.5 Å². The first-order chi connectivity index (χ1) is 20.6. The van der Waals surface area contributed by atoms with E-state index in [1.165, 1.54) is 0 Å². The maximum Gasteiger partial charge on any atom is 0.326 e. The van der Waals surface area contributed by atoms with Crippen LogP contribution in [0.15, 0.2) is 53.4 Å². The number of hydrogen-bond acceptors (Lipinski definition) is 9. The number of hydrogen-bond donors (Lipinski definition) is 7. The largest absolute Gasteiger partial charge is 0.480 e. The van der Waals surface area contributed by atoms with Crippen molar-refractivity contribution in [1.29, 1.82) is 0 Å². The van der Waals surface area contributed by atoms with Crippen molar-refractivity contribution >= 4 is 41.8 Å². The topological polar surface area (TPSA) is 218 Å². The third-order valence-electron chi connectivity index (χ3n) is 6.18.